The molecule has 0 spiro atoms. The van der Waals surface area contributed by atoms with Crippen LogP contribution in [0.25, 0.3) is 5.52 Å². The summed E-state index contributed by atoms with van der Waals surface area (Å²) in [4.78, 5) is 18.6. The molecule has 3 aromatic rings. The number of hydrogen-bond acceptors (Lipinski definition) is 4. The predicted octanol–water partition coefficient (Wildman–Crippen LogP) is 1.74. The zero-order valence-electron chi connectivity index (χ0n) is 10.4. The molecule has 3 rings (SSSR count). The highest BCUT2D eigenvalue weighted by atomic mass is 127. The highest BCUT2D eigenvalue weighted by Gasteiger charge is 2.07. The van der Waals surface area contributed by atoms with E-state index in [-0.39, 0.29) is 12.2 Å². The van der Waals surface area contributed by atoms with Gasteiger partial charge in [0.25, 0.3) is 5.56 Å². The maximum atomic E-state index is 11.8. The Balaban J connectivity index is 1.75. The van der Waals surface area contributed by atoms with Crippen molar-refractivity contribution in [1.29, 1.82) is 0 Å². The van der Waals surface area contributed by atoms with Gasteiger partial charge in [-0.1, -0.05) is 30.3 Å². The number of benzene rings is 1. The average molecular weight is 382 g/mol. The van der Waals surface area contributed by atoms with Gasteiger partial charge in [-0.05, 0) is 5.56 Å². The summed E-state index contributed by atoms with van der Waals surface area (Å²) >= 11 is 2.03. The molecule has 0 saturated heterocycles. The van der Waals surface area contributed by atoms with Gasteiger partial charge >= 0.3 is 0 Å². The number of aromatic amines is 1. The van der Waals surface area contributed by atoms with E-state index in [1.807, 2.05) is 52.9 Å². The topological polar surface area (TPSA) is 72.3 Å². The molecule has 0 bridgehead atoms. The molecule has 1 aromatic carbocycles. The molecule has 2 heterocycles. The van der Waals surface area contributed by atoms with E-state index in [4.69, 9.17) is 4.74 Å². The van der Waals surface area contributed by atoms with Gasteiger partial charge < -0.3 is 9.72 Å². The number of hydrogen-bond donors (Lipinski definition) is 1. The van der Waals surface area contributed by atoms with Gasteiger partial charge in [0.2, 0.25) is 0 Å². The zero-order valence-corrected chi connectivity index (χ0v) is 12.6. The smallest absolute Gasteiger partial charge is 0.277 e. The van der Waals surface area contributed by atoms with Crippen molar-refractivity contribution in [2.24, 2.45) is 0 Å². The van der Waals surface area contributed by atoms with Crippen LogP contribution in [0.1, 0.15) is 11.4 Å². The fourth-order valence-corrected chi connectivity index (χ4v) is 2.33. The van der Waals surface area contributed by atoms with Crippen LogP contribution < -0.4 is 5.56 Å². The molecule has 0 radical (unpaired) electrons. The highest BCUT2D eigenvalue weighted by Crippen LogP contribution is 2.05. The summed E-state index contributed by atoms with van der Waals surface area (Å²) in [6.07, 6.45) is 1.50. The minimum atomic E-state index is -0.214. The second kappa shape index (κ2) is 5.71. The summed E-state index contributed by atoms with van der Waals surface area (Å²) in [5, 5.41) is 4.29. The summed E-state index contributed by atoms with van der Waals surface area (Å²) in [5.74, 6) is 0.481. The number of fused-ring (bicyclic) bond motifs is 1. The lowest BCUT2D eigenvalue weighted by atomic mass is 10.2. The standard InChI is InChI=1S/C13H11IN4O2/c14-13-15-6-10-12(19)16-11(17-18(10)13)8-20-7-9-4-2-1-3-5-9/h1-6H,7-8H2,(H,16,17,19). The Labute approximate surface area is 128 Å². The van der Waals surface area contributed by atoms with Crippen molar-refractivity contribution < 1.29 is 4.74 Å². The Hall–Kier alpha value is -1.74. The van der Waals surface area contributed by atoms with Gasteiger partial charge in [-0.15, -0.1) is 5.10 Å². The van der Waals surface area contributed by atoms with Gasteiger partial charge in [-0.2, -0.15) is 0 Å². The Kier molecular flexibility index (Phi) is 3.79. The van der Waals surface area contributed by atoms with E-state index >= 15 is 0 Å². The summed E-state index contributed by atoms with van der Waals surface area (Å²) in [6, 6.07) is 9.84. The first-order chi connectivity index (χ1) is 9.74. The monoisotopic (exact) mass is 382 g/mol. The van der Waals surface area contributed by atoms with E-state index < -0.39 is 0 Å². The van der Waals surface area contributed by atoms with Crippen LogP contribution in [0.15, 0.2) is 41.3 Å². The first-order valence-electron chi connectivity index (χ1n) is 5.98. The number of ether oxygens (including phenoxy) is 1. The van der Waals surface area contributed by atoms with E-state index in [1.165, 1.54) is 10.7 Å². The van der Waals surface area contributed by atoms with Crippen LogP contribution in [0.3, 0.4) is 0 Å². The average Bonchev–Trinajstić information content (AvgIpc) is 2.82. The van der Waals surface area contributed by atoms with Crippen molar-refractivity contribution >= 4 is 28.1 Å². The maximum Gasteiger partial charge on any atom is 0.277 e. The van der Waals surface area contributed by atoms with Gasteiger partial charge in [0.15, 0.2) is 15.2 Å². The second-order valence-electron chi connectivity index (χ2n) is 4.20. The summed E-state index contributed by atoms with van der Waals surface area (Å²) in [7, 11) is 0. The molecule has 0 amide bonds. The number of aromatic nitrogens is 4. The second-order valence-corrected chi connectivity index (χ2v) is 5.17. The first kappa shape index (κ1) is 13.3. The van der Waals surface area contributed by atoms with Gasteiger partial charge in [0.05, 0.1) is 12.8 Å². The van der Waals surface area contributed by atoms with Crippen molar-refractivity contribution in [3.05, 3.63) is 62.1 Å². The summed E-state index contributed by atoms with van der Waals surface area (Å²) < 4.78 is 7.72. The molecule has 2 aromatic heterocycles. The number of rotatable bonds is 4. The quantitative estimate of drug-likeness (QED) is 0.698. The molecule has 0 saturated carbocycles. The van der Waals surface area contributed by atoms with E-state index in [0.717, 1.165) is 5.56 Å². The van der Waals surface area contributed by atoms with E-state index in [9.17, 15) is 4.79 Å². The van der Waals surface area contributed by atoms with Gasteiger partial charge in [-0.25, -0.2) is 9.50 Å². The lowest BCUT2D eigenvalue weighted by molar-refractivity contribution is 0.101. The summed E-state index contributed by atoms with van der Waals surface area (Å²) in [6.45, 7) is 0.720. The third kappa shape index (κ3) is 2.73. The molecule has 7 heteroatoms. The van der Waals surface area contributed by atoms with Crippen molar-refractivity contribution in [3.8, 4) is 0 Å². The van der Waals surface area contributed by atoms with E-state index in [1.54, 1.807) is 0 Å². The Bertz CT molecular complexity index is 782. The minimum absolute atomic E-state index is 0.214. The Morgan fingerprint density at radius 1 is 1.25 bits per heavy atom. The number of nitrogens with one attached hydrogen (secondary N) is 1. The fourth-order valence-electron chi connectivity index (χ4n) is 1.82. The van der Waals surface area contributed by atoms with Crippen LogP contribution in [0.4, 0.5) is 0 Å². The van der Waals surface area contributed by atoms with E-state index in [2.05, 4.69) is 15.1 Å². The number of nitrogens with zero attached hydrogens (tertiary/aromatic N) is 3. The molecular formula is C13H11IN4O2. The van der Waals surface area contributed by atoms with Crippen LogP contribution in [0.2, 0.25) is 0 Å². The molecule has 102 valence electrons. The van der Waals surface area contributed by atoms with Crippen LogP contribution in [0, 0.1) is 3.83 Å². The van der Waals surface area contributed by atoms with Crippen LogP contribution in [-0.2, 0) is 18.0 Å². The Morgan fingerprint density at radius 3 is 2.85 bits per heavy atom. The van der Waals surface area contributed by atoms with Gasteiger partial charge in [-0.3, -0.25) is 4.79 Å². The molecule has 0 atom stereocenters. The lowest BCUT2D eigenvalue weighted by Gasteiger charge is -2.04. The maximum absolute atomic E-state index is 11.8. The van der Waals surface area contributed by atoms with Crippen molar-refractivity contribution in [1.82, 2.24) is 19.6 Å². The van der Waals surface area contributed by atoms with Crippen LogP contribution >= 0.6 is 22.6 Å². The molecule has 0 unspecified atom stereocenters. The lowest BCUT2D eigenvalue weighted by Crippen LogP contribution is -2.17. The molecule has 0 aliphatic carbocycles. The molecule has 0 fully saturated rings. The molecule has 6 nitrogen and oxygen atoms in total. The molecule has 0 aliphatic rings. The van der Waals surface area contributed by atoms with Crippen molar-refractivity contribution in [2.75, 3.05) is 0 Å². The Morgan fingerprint density at radius 2 is 2.05 bits per heavy atom. The molecule has 0 aliphatic heterocycles. The summed E-state index contributed by atoms with van der Waals surface area (Å²) in [5.41, 5.74) is 1.29. The molecule has 20 heavy (non-hydrogen) atoms. The zero-order chi connectivity index (χ0) is 13.9. The van der Waals surface area contributed by atoms with Crippen molar-refractivity contribution in [2.45, 2.75) is 13.2 Å². The number of halogens is 1. The minimum Gasteiger partial charge on any atom is -0.369 e. The van der Waals surface area contributed by atoms with E-state index in [0.29, 0.717) is 21.8 Å². The third-order valence-corrected chi connectivity index (χ3v) is 3.49. The first-order valence-corrected chi connectivity index (χ1v) is 7.06. The third-order valence-electron chi connectivity index (χ3n) is 2.76. The number of H-pyrrole nitrogens is 1. The predicted molar refractivity (Wildman–Crippen MR) is 81.3 cm³/mol. The van der Waals surface area contributed by atoms with Gasteiger partial charge in [0.1, 0.15) is 6.61 Å². The molecule has 1 N–H and O–H groups in total. The SMILES string of the molecule is O=c1[nH]c(COCc2ccccc2)nn2c(I)ncc12. The fraction of sp³-hybridized carbons (Fsp3) is 0.154. The number of imidazole rings is 1. The van der Waals surface area contributed by atoms with Crippen LogP contribution in [-0.4, -0.2) is 19.6 Å². The highest BCUT2D eigenvalue weighted by molar-refractivity contribution is 14.1. The largest absolute Gasteiger partial charge is 0.369 e. The normalized spacial score (nSPS) is 11.1. The van der Waals surface area contributed by atoms with Crippen molar-refractivity contribution in [3.63, 3.8) is 0 Å². The van der Waals surface area contributed by atoms with Crippen LogP contribution in [0.5, 0.6) is 0 Å². The van der Waals surface area contributed by atoms with Gasteiger partial charge in [0, 0.05) is 22.6 Å². The molecular weight excluding hydrogens is 371 g/mol.